The first-order valence-corrected chi connectivity index (χ1v) is 5.03. The van der Waals surface area contributed by atoms with Crippen molar-refractivity contribution < 1.29 is 4.84 Å². The zero-order valence-corrected chi connectivity index (χ0v) is 8.36. The van der Waals surface area contributed by atoms with E-state index in [0.717, 1.165) is 25.0 Å². The van der Waals surface area contributed by atoms with Gasteiger partial charge in [-0.25, -0.2) is 0 Å². The van der Waals surface area contributed by atoms with Gasteiger partial charge >= 0.3 is 0 Å². The number of para-hydroxylation sites is 1. The predicted molar refractivity (Wildman–Crippen MR) is 57.1 cm³/mol. The van der Waals surface area contributed by atoms with Crippen LogP contribution in [0.2, 0.25) is 0 Å². The Morgan fingerprint density at radius 3 is 3.07 bits per heavy atom. The molecule has 0 saturated heterocycles. The molecule has 14 heavy (non-hydrogen) atoms. The van der Waals surface area contributed by atoms with E-state index in [1.807, 2.05) is 24.3 Å². The fraction of sp³-hybridized carbons (Fsp3) is 0.333. The van der Waals surface area contributed by atoms with Gasteiger partial charge in [0.2, 0.25) is 0 Å². The van der Waals surface area contributed by atoms with Crippen molar-refractivity contribution >= 4 is 10.9 Å². The summed E-state index contributed by atoms with van der Waals surface area (Å²) in [6, 6.07) is 10.1. The molecule has 0 aliphatic carbocycles. The summed E-state index contributed by atoms with van der Waals surface area (Å²) in [5, 5.41) is 1.17. The van der Waals surface area contributed by atoms with Crippen molar-refractivity contribution in [2.45, 2.75) is 19.8 Å². The van der Waals surface area contributed by atoms with E-state index in [-0.39, 0.29) is 0 Å². The quantitative estimate of drug-likeness (QED) is 0.673. The molecule has 0 amide bonds. The molecule has 0 fully saturated rings. The second-order valence-electron chi connectivity index (χ2n) is 3.31. The molecule has 2 heteroatoms. The zero-order valence-electron chi connectivity index (χ0n) is 8.36. The SMILES string of the molecule is CCCCOn1[c]cc2ccccc21. The molecule has 0 N–H and O–H groups in total. The van der Waals surface area contributed by atoms with Gasteiger partial charge in [-0.2, -0.15) is 4.73 Å². The van der Waals surface area contributed by atoms with E-state index < -0.39 is 0 Å². The van der Waals surface area contributed by atoms with Gasteiger partial charge in [0.15, 0.2) is 0 Å². The van der Waals surface area contributed by atoms with E-state index in [9.17, 15) is 0 Å². The van der Waals surface area contributed by atoms with Gasteiger partial charge in [-0.3, -0.25) is 0 Å². The van der Waals surface area contributed by atoms with Crippen molar-refractivity contribution in [2.24, 2.45) is 0 Å². The van der Waals surface area contributed by atoms with Crippen LogP contribution in [0.4, 0.5) is 0 Å². The summed E-state index contributed by atoms with van der Waals surface area (Å²) in [6.45, 7) is 2.91. The molecule has 0 bridgehead atoms. The lowest BCUT2D eigenvalue weighted by molar-refractivity contribution is 0.116. The number of unbranched alkanes of at least 4 members (excludes halogenated alkanes) is 1. The third-order valence-corrected chi connectivity index (χ3v) is 2.21. The van der Waals surface area contributed by atoms with E-state index in [0.29, 0.717) is 0 Å². The summed E-state index contributed by atoms with van der Waals surface area (Å²) >= 11 is 0. The maximum atomic E-state index is 5.56. The van der Waals surface area contributed by atoms with Crippen LogP contribution in [0.25, 0.3) is 10.9 Å². The highest BCUT2D eigenvalue weighted by Crippen LogP contribution is 2.12. The summed E-state index contributed by atoms with van der Waals surface area (Å²) in [5.74, 6) is 0. The summed E-state index contributed by atoms with van der Waals surface area (Å²) in [7, 11) is 0. The average molecular weight is 188 g/mol. The molecular weight excluding hydrogens is 174 g/mol. The van der Waals surface area contributed by atoms with Crippen LogP contribution in [0.15, 0.2) is 30.3 Å². The monoisotopic (exact) mass is 188 g/mol. The van der Waals surface area contributed by atoms with Crippen molar-refractivity contribution in [2.75, 3.05) is 6.61 Å². The second-order valence-corrected chi connectivity index (χ2v) is 3.31. The Morgan fingerprint density at radius 1 is 1.36 bits per heavy atom. The number of hydrogen-bond acceptors (Lipinski definition) is 1. The van der Waals surface area contributed by atoms with Crippen LogP contribution >= 0.6 is 0 Å². The van der Waals surface area contributed by atoms with Gasteiger partial charge in [-0.15, -0.1) is 0 Å². The number of aromatic nitrogens is 1. The minimum absolute atomic E-state index is 0.756. The Kier molecular flexibility index (Phi) is 2.73. The van der Waals surface area contributed by atoms with E-state index in [2.05, 4.69) is 19.2 Å². The number of benzene rings is 1. The van der Waals surface area contributed by atoms with Crippen LogP contribution in [0.3, 0.4) is 0 Å². The van der Waals surface area contributed by atoms with Gasteiger partial charge in [0.05, 0.1) is 5.52 Å². The summed E-state index contributed by atoms with van der Waals surface area (Å²) in [4.78, 5) is 5.56. The Bertz CT molecular complexity index is 405. The topological polar surface area (TPSA) is 14.2 Å². The minimum atomic E-state index is 0.756. The molecule has 2 rings (SSSR count). The second kappa shape index (κ2) is 4.18. The Morgan fingerprint density at radius 2 is 2.21 bits per heavy atom. The molecule has 1 aromatic carbocycles. The van der Waals surface area contributed by atoms with Crippen LogP contribution in [0.5, 0.6) is 0 Å². The van der Waals surface area contributed by atoms with Crippen molar-refractivity contribution in [3.05, 3.63) is 36.5 Å². The summed E-state index contributed by atoms with van der Waals surface area (Å²) < 4.78 is 1.73. The first-order valence-electron chi connectivity index (χ1n) is 5.03. The third kappa shape index (κ3) is 1.74. The third-order valence-electron chi connectivity index (χ3n) is 2.21. The Balaban J connectivity index is 2.17. The van der Waals surface area contributed by atoms with Gasteiger partial charge in [0.25, 0.3) is 0 Å². The molecule has 0 unspecified atom stereocenters. The molecule has 2 nitrogen and oxygen atoms in total. The van der Waals surface area contributed by atoms with Crippen LogP contribution in [-0.4, -0.2) is 11.3 Å². The van der Waals surface area contributed by atoms with Gasteiger partial charge < -0.3 is 4.84 Å². The molecule has 0 aliphatic heterocycles. The molecule has 1 radical (unpaired) electrons. The lowest BCUT2D eigenvalue weighted by atomic mass is 10.3. The first kappa shape index (κ1) is 9.13. The van der Waals surface area contributed by atoms with Crippen LogP contribution in [0, 0.1) is 6.20 Å². The molecule has 0 saturated carbocycles. The maximum Gasteiger partial charge on any atom is 0.115 e. The van der Waals surface area contributed by atoms with Gasteiger partial charge in [-0.1, -0.05) is 31.5 Å². The highest BCUT2D eigenvalue weighted by Gasteiger charge is 1.99. The van der Waals surface area contributed by atoms with E-state index >= 15 is 0 Å². The molecule has 0 spiro atoms. The van der Waals surface area contributed by atoms with Crippen molar-refractivity contribution in [3.8, 4) is 0 Å². The molecular formula is C12H14NO. The Labute approximate surface area is 84.1 Å². The summed E-state index contributed by atoms with van der Waals surface area (Å²) in [6.07, 6.45) is 5.30. The minimum Gasteiger partial charge on any atom is -0.413 e. The molecule has 2 aromatic rings. The predicted octanol–water partition coefficient (Wildman–Crippen LogP) is 2.67. The van der Waals surface area contributed by atoms with Gasteiger partial charge in [0.1, 0.15) is 12.8 Å². The first-order chi connectivity index (χ1) is 6.92. The number of hydrogen-bond donors (Lipinski definition) is 0. The molecule has 73 valence electrons. The van der Waals surface area contributed by atoms with Crippen molar-refractivity contribution in [1.82, 2.24) is 4.73 Å². The van der Waals surface area contributed by atoms with Gasteiger partial charge in [-0.05, 0) is 18.6 Å². The highest BCUT2D eigenvalue weighted by atomic mass is 16.7. The van der Waals surface area contributed by atoms with E-state index in [1.54, 1.807) is 4.73 Å². The maximum absolute atomic E-state index is 5.56. The van der Waals surface area contributed by atoms with Crippen LogP contribution in [0.1, 0.15) is 19.8 Å². The van der Waals surface area contributed by atoms with Crippen molar-refractivity contribution in [3.63, 3.8) is 0 Å². The number of rotatable bonds is 4. The smallest absolute Gasteiger partial charge is 0.115 e. The van der Waals surface area contributed by atoms with Crippen LogP contribution < -0.4 is 4.84 Å². The molecule has 0 atom stereocenters. The molecule has 0 aliphatic rings. The largest absolute Gasteiger partial charge is 0.413 e. The lowest BCUT2D eigenvalue weighted by Crippen LogP contribution is -2.11. The van der Waals surface area contributed by atoms with E-state index in [1.165, 1.54) is 5.39 Å². The Hall–Kier alpha value is -1.44. The zero-order chi connectivity index (χ0) is 9.80. The van der Waals surface area contributed by atoms with E-state index in [4.69, 9.17) is 4.84 Å². The standard InChI is InChI=1S/C12H14NO/c1-2-3-10-14-13-9-8-11-6-4-5-7-12(11)13/h4-8H,2-3,10H2,1H3. The fourth-order valence-corrected chi connectivity index (χ4v) is 1.40. The fourth-order valence-electron chi connectivity index (χ4n) is 1.40. The molecule has 1 aromatic heterocycles. The number of nitrogens with zero attached hydrogens (tertiary/aromatic N) is 1. The van der Waals surface area contributed by atoms with Gasteiger partial charge in [0, 0.05) is 5.39 Å². The normalized spacial score (nSPS) is 10.6. The molecule has 1 heterocycles. The lowest BCUT2D eigenvalue weighted by Gasteiger charge is -2.06. The van der Waals surface area contributed by atoms with Crippen LogP contribution in [-0.2, 0) is 0 Å². The summed E-state index contributed by atoms with van der Waals surface area (Å²) in [5.41, 5.74) is 1.09. The average Bonchev–Trinajstić information content (AvgIpc) is 2.63. The highest BCUT2D eigenvalue weighted by molar-refractivity contribution is 5.79. The number of fused-ring (bicyclic) bond motifs is 1. The van der Waals surface area contributed by atoms with Crippen molar-refractivity contribution in [1.29, 1.82) is 0 Å².